The molecule has 1 fully saturated rings. The fourth-order valence-corrected chi connectivity index (χ4v) is 2.82. The molecule has 0 bridgehead atoms. The van der Waals surface area contributed by atoms with E-state index in [9.17, 15) is 4.79 Å². The highest BCUT2D eigenvalue weighted by Gasteiger charge is 2.25. The molecule has 112 valence electrons. The lowest BCUT2D eigenvalue weighted by atomic mass is 9.91. The van der Waals surface area contributed by atoms with Crippen LogP contribution >= 0.6 is 0 Å². The van der Waals surface area contributed by atoms with Gasteiger partial charge in [-0.15, -0.1) is 0 Å². The Morgan fingerprint density at radius 1 is 1.33 bits per heavy atom. The number of aromatic amines is 1. The number of benzene rings is 1. The average molecular weight is 287 g/mol. The van der Waals surface area contributed by atoms with Gasteiger partial charge in [-0.25, -0.2) is 4.98 Å². The summed E-state index contributed by atoms with van der Waals surface area (Å²) in [6.07, 6.45) is 4.42. The maximum absolute atomic E-state index is 12.1. The first-order valence-electron chi connectivity index (χ1n) is 7.61. The highest BCUT2D eigenvalue weighted by molar-refractivity contribution is 5.77. The minimum Gasteiger partial charge on any atom is -0.396 e. The van der Waals surface area contributed by atoms with Crippen molar-refractivity contribution in [2.45, 2.75) is 38.3 Å². The standard InChI is InChI=1S/C16H21N3O2/c20-10-4-9-19(12-5-3-6-12)11-15-17-14-8-2-1-7-13(14)16(21)18-15/h1-2,7-8,12,20H,3-6,9-11H2,(H,17,18,21). The molecule has 5 heteroatoms. The second-order valence-corrected chi connectivity index (χ2v) is 5.66. The highest BCUT2D eigenvalue weighted by atomic mass is 16.3. The Labute approximate surface area is 123 Å². The van der Waals surface area contributed by atoms with E-state index in [1.54, 1.807) is 6.07 Å². The Morgan fingerprint density at radius 3 is 2.86 bits per heavy atom. The number of nitrogens with one attached hydrogen (secondary N) is 1. The third-order valence-electron chi connectivity index (χ3n) is 4.21. The Bertz CT molecular complexity index is 664. The first kappa shape index (κ1) is 14.2. The summed E-state index contributed by atoms with van der Waals surface area (Å²) in [5.41, 5.74) is 0.665. The van der Waals surface area contributed by atoms with Crippen LogP contribution in [0, 0.1) is 0 Å². The number of hydrogen-bond acceptors (Lipinski definition) is 4. The Balaban J connectivity index is 1.83. The second-order valence-electron chi connectivity index (χ2n) is 5.66. The van der Waals surface area contributed by atoms with Crippen LogP contribution in [-0.2, 0) is 6.54 Å². The molecule has 0 radical (unpaired) electrons. The largest absolute Gasteiger partial charge is 0.396 e. The van der Waals surface area contributed by atoms with E-state index in [1.165, 1.54) is 19.3 Å². The van der Waals surface area contributed by atoms with E-state index >= 15 is 0 Å². The first-order chi connectivity index (χ1) is 10.3. The fourth-order valence-electron chi connectivity index (χ4n) is 2.82. The Morgan fingerprint density at radius 2 is 2.14 bits per heavy atom. The Hall–Kier alpha value is -1.72. The average Bonchev–Trinajstić information content (AvgIpc) is 2.43. The summed E-state index contributed by atoms with van der Waals surface area (Å²) in [7, 11) is 0. The van der Waals surface area contributed by atoms with Crippen LogP contribution in [0.15, 0.2) is 29.1 Å². The summed E-state index contributed by atoms with van der Waals surface area (Å²) in [5, 5.41) is 9.67. The maximum atomic E-state index is 12.1. The van der Waals surface area contributed by atoms with Crippen molar-refractivity contribution < 1.29 is 5.11 Å². The highest BCUT2D eigenvalue weighted by Crippen LogP contribution is 2.25. The second kappa shape index (κ2) is 6.37. The van der Waals surface area contributed by atoms with Crippen LogP contribution in [-0.4, -0.2) is 39.2 Å². The Kier molecular flexibility index (Phi) is 4.31. The van der Waals surface area contributed by atoms with Crippen LogP contribution < -0.4 is 5.56 Å². The molecular weight excluding hydrogens is 266 g/mol. The molecule has 0 spiro atoms. The lowest BCUT2D eigenvalue weighted by Crippen LogP contribution is -2.41. The molecule has 0 amide bonds. The van der Waals surface area contributed by atoms with Gasteiger partial charge in [0.1, 0.15) is 5.82 Å². The minimum atomic E-state index is -0.0775. The predicted molar refractivity (Wildman–Crippen MR) is 82.1 cm³/mol. The van der Waals surface area contributed by atoms with Gasteiger partial charge in [-0.3, -0.25) is 9.69 Å². The van der Waals surface area contributed by atoms with Crippen molar-refractivity contribution in [3.05, 3.63) is 40.4 Å². The van der Waals surface area contributed by atoms with Crippen LogP contribution in [0.3, 0.4) is 0 Å². The van der Waals surface area contributed by atoms with Crippen LogP contribution in [0.4, 0.5) is 0 Å². The molecule has 1 aromatic carbocycles. The zero-order valence-electron chi connectivity index (χ0n) is 12.1. The molecule has 3 rings (SSSR count). The van der Waals surface area contributed by atoms with E-state index in [2.05, 4.69) is 14.9 Å². The third-order valence-corrected chi connectivity index (χ3v) is 4.21. The van der Waals surface area contributed by atoms with E-state index in [-0.39, 0.29) is 12.2 Å². The lowest BCUT2D eigenvalue weighted by molar-refractivity contribution is 0.106. The summed E-state index contributed by atoms with van der Waals surface area (Å²) in [4.78, 5) is 21.9. The van der Waals surface area contributed by atoms with E-state index in [1.807, 2.05) is 18.2 Å². The van der Waals surface area contributed by atoms with Gasteiger partial charge in [0.25, 0.3) is 5.56 Å². The number of aromatic nitrogens is 2. The number of fused-ring (bicyclic) bond motifs is 1. The smallest absolute Gasteiger partial charge is 0.258 e. The molecule has 21 heavy (non-hydrogen) atoms. The van der Waals surface area contributed by atoms with E-state index in [0.29, 0.717) is 23.8 Å². The number of aliphatic hydroxyl groups excluding tert-OH is 1. The van der Waals surface area contributed by atoms with Crippen molar-refractivity contribution in [2.24, 2.45) is 0 Å². The predicted octanol–water partition coefficient (Wildman–Crippen LogP) is 1.66. The van der Waals surface area contributed by atoms with Gasteiger partial charge in [0.15, 0.2) is 0 Å². The van der Waals surface area contributed by atoms with Crippen LogP contribution in [0.25, 0.3) is 10.9 Å². The zero-order valence-corrected chi connectivity index (χ0v) is 12.1. The molecule has 0 atom stereocenters. The lowest BCUT2D eigenvalue weighted by Gasteiger charge is -2.37. The maximum Gasteiger partial charge on any atom is 0.258 e. The van der Waals surface area contributed by atoms with Gasteiger partial charge >= 0.3 is 0 Å². The monoisotopic (exact) mass is 287 g/mol. The molecule has 0 saturated heterocycles. The molecule has 2 aromatic rings. The summed E-state index contributed by atoms with van der Waals surface area (Å²) < 4.78 is 0. The summed E-state index contributed by atoms with van der Waals surface area (Å²) in [6, 6.07) is 7.97. The topological polar surface area (TPSA) is 69.2 Å². The van der Waals surface area contributed by atoms with Crippen molar-refractivity contribution in [3.63, 3.8) is 0 Å². The number of rotatable bonds is 6. The zero-order chi connectivity index (χ0) is 14.7. The molecule has 1 aliphatic rings. The molecule has 1 saturated carbocycles. The molecular formula is C16H21N3O2. The van der Waals surface area contributed by atoms with E-state index in [0.717, 1.165) is 18.5 Å². The number of hydrogen-bond donors (Lipinski definition) is 2. The van der Waals surface area contributed by atoms with Crippen LogP contribution in [0.1, 0.15) is 31.5 Å². The van der Waals surface area contributed by atoms with Gasteiger partial charge in [0.2, 0.25) is 0 Å². The van der Waals surface area contributed by atoms with Gasteiger partial charge in [-0.2, -0.15) is 0 Å². The van der Waals surface area contributed by atoms with Crippen molar-refractivity contribution in [1.29, 1.82) is 0 Å². The molecule has 1 aromatic heterocycles. The van der Waals surface area contributed by atoms with Crippen molar-refractivity contribution in [2.75, 3.05) is 13.2 Å². The number of nitrogens with zero attached hydrogens (tertiary/aromatic N) is 2. The number of H-pyrrole nitrogens is 1. The van der Waals surface area contributed by atoms with Gasteiger partial charge in [-0.1, -0.05) is 18.6 Å². The van der Waals surface area contributed by atoms with Gasteiger partial charge in [-0.05, 0) is 31.4 Å². The van der Waals surface area contributed by atoms with E-state index < -0.39 is 0 Å². The van der Waals surface area contributed by atoms with Crippen molar-refractivity contribution in [1.82, 2.24) is 14.9 Å². The number of para-hydroxylation sites is 1. The molecule has 5 nitrogen and oxygen atoms in total. The first-order valence-corrected chi connectivity index (χ1v) is 7.61. The van der Waals surface area contributed by atoms with Crippen molar-refractivity contribution in [3.8, 4) is 0 Å². The molecule has 0 aliphatic heterocycles. The molecule has 2 N–H and O–H groups in total. The van der Waals surface area contributed by atoms with Gasteiger partial charge in [0, 0.05) is 19.2 Å². The SMILES string of the molecule is O=c1[nH]c(CN(CCCO)C2CCC2)nc2ccccc12. The summed E-state index contributed by atoms with van der Waals surface area (Å²) >= 11 is 0. The summed E-state index contributed by atoms with van der Waals surface area (Å²) in [5.74, 6) is 0.712. The van der Waals surface area contributed by atoms with Gasteiger partial charge in [0.05, 0.1) is 17.4 Å². The number of aliphatic hydroxyl groups is 1. The molecule has 1 heterocycles. The van der Waals surface area contributed by atoms with Crippen molar-refractivity contribution >= 4 is 10.9 Å². The normalized spacial score (nSPS) is 15.5. The molecule has 1 aliphatic carbocycles. The third kappa shape index (κ3) is 3.14. The minimum absolute atomic E-state index is 0.0775. The molecule has 0 unspecified atom stereocenters. The summed E-state index contributed by atoms with van der Waals surface area (Å²) in [6.45, 7) is 1.69. The van der Waals surface area contributed by atoms with Gasteiger partial charge < -0.3 is 10.1 Å². The quantitative estimate of drug-likeness (QED) is 0.848. The fraction of sp³-hybridized carbons (Fsp3) is 0.500. The van der Waals surface area contributed by atoms with E-state index in [4.69, 9.17) is 5.11 Å². The van der Waals surface area contributed by atoms with Crippen LogP contribution in [0.2, 0.25) is 0 Å². The van der Waals surface area contributed by atoms with Crippen LogP contribution in [0.5, 0.6) is 0 Å².